The number of benzene rings is 1. The molecule has 1 amide bonds. The van der Waals surface area contributed by atoms with E-state index in [0.29, 0.717) is 6.04 Å². The average molecular weight is 534 g/mol. The Balaban J connectivity index is 1.32. The molecule has 3 aromatic rings. The monoisotopic (exact) mass is 533 g/mol. The highest BCUT2D eigenvalue weighted by molar-refractivity contribution is 6.36. The summed E-state index contributed by atoms with van der Waals surface area (Å²) < 4.78 is 2.28. The molecule has 4 aliphatic rings. The molecule has 1 N–H and O–H groups in total. The standard InChI is InChI=1S/C29H36ClN7O/c1-5-23(38)35-15-28(16-35)12-20(13-28)37-19(3)24(25-21-14-31-32-22(21)11-18(2)26(25)30)27(33-37)36-10-9-34(4)17-29(36)7-6-8-29/h5,11,14,20H,1,6-10,12-13,15-17H2,2-4H3,(H,31,32). The molecular formula is C29H36ClN7O. The van der Waals surface area contributed by atoms with Gasteiger partial charge in [0.05, 0.1) is 28.3 Å². The third-order valence-electron chi connectivity index (χ3n) is 9.85. The minimum Gasteiger partial charge on any atom is -0.346 e. The van der Waals surface area contributed by atoms with E-state index in [0.717, 1.165) is 84.0 Å². The molecule has 4 fully saturated rings. The topological polar surface area (TPSA) is 73.3 Å². The average Bonchev–Trinajstić information content (AvgIpc) is 3.41. The number of anilines is 1. The normalized spacial score (nSPS) is 22.5. The first-order valence-corrected chi connectivity index (χ1v) is 14.2. The summed E-state index contributed by atoms with van der Waals surface area (Å²) in [6.45, 7) is 12.6. The van der Waals surface area contributed by atoms with Crippen LogP contribution in [0.15, 0.2) is 24.9 Å². The highest BCUT2D eigenvalue weighted by atomic mass is 35.5. The maximum absolute atomic E-state index is 12.0. The van der Waals surface area contributed by atoms with E-state index in [-0.39, 0.29) is 16.9 Å². The van der Waals surface area contributed by atoms with Crippen LogP contribution in [-0.4, -0.2) is 81.0 Å². The summed E-state index contributed by atoms with van der Waals surface area (Å²) in [5.74, 6) is 1.11. The number of halogens is 1. The fourth-order valence-electron chi connectivity index (χ4n) is 7.72. The molecule has 9 heteroatoms. The van der Waals surface area contributed by atoms with E-state index in [4.69, 9.17) is 16.7 Å². The molecule has 38 heavy (non-hydrogen) atoms. The van der Waals surface area contributed by atoms with Gasteiger partial charge >= 0.3 is 0 Å². The zero-order valence-electron chi connectivity index (χ0n) is 22.6. The molecule has 2 aliphatic heterocycles. The highest BCUT2D eigenvalue weighted by Gasteiger charge is 2.55. The molecule has 4 heterocycles. The lowest BCUT2D eigenvalue weighted by molar-refractivity contribution is -0.149. The molecule has 0 bridgehead atoms. The van der Waals surface area contributed by atoms with Crippen LogP contribution < -0.4 is 4.90 Å². The van der Waals surface area contributed by atoms with Crippen LogP contribution in [0.25, 0.3) is 22.0 Å². The van der Waals surface area contributed by atoms with E-state index < -0.39 is 0 Å². The predicted octanol–water partition coefficient (Wildman–Crippen LogP) is 4.72. The van der Waals surface area contributed by atoms with Crippen LogP contribution in [0.3, 0.4) is 0 Å². The SMILES string of the molecule is C=CC(=O)N1CC2(CC(n3nc(N4CCN(C)CC45CCC5)c(-c4c(Cl)c(C)cc5[nH]ncc45)c3C)C2)C1. The van der Waals surface area contributed by atoms with Crippen molar-refractivity contribution in [3.8, 4) is 11.1 Å². The molecular weight excluding hydrogens is 498 g/mol. The summed E-state index contributed by atoms with van der Waals surface area (Å²) in [4.78, 5) is 19.0. The number of carbonyl (C=O) groups excluding carboxylic acids is 1. The van der Waals surface area contributed by atoms with Crippen molar-refractivity contribution < 1.29 is 4.79 Å². The van der Waals surface area contributed by atoms with E-state index >= 15 is 0 Å². The fourth-order valence-corrected chi connectivity index (χ4v) is 7.97. The molecule has 200 valence electrons. The van der Waals surface area contributed by atoms with Crippen LogP contribution in [-0.2, 0) is 4.79 Å². The summed E-state index contributed by atoms with van der Waals surface area (Å²) in [7, 11) is 2.24. The van der Waals surface area contributed by atoms with Gasteiger partial charge in [0.2, 0.25) is 5.91 Å². The largest absolute Gasteiger partial charge is 0.346 e. The lowest BCUT2D eigenvalue weighted by Crippen LogP contribution is -2.65. The van der Waals surface area contributed by atoms with Gasteiger partial charge in [0.15, 0.2) is 5.82 Å². The Morgan fingerprint density at radius 1 is 1.18 bits per heavy atom. The molecule has 7 rings (SSSR count). The molecule has 2 saturated carbocycles. The number of aromatic amines is 1. The van der Waals surface area contributed by atoms with Gasteiger partial charge in [-0.25, -0.2) is 0 Å². The first-order valence-electron chi connectivity index (χ1n) is 13.8. The number of fused-ring (bicyclic) bond motifs is 1. The van der Waals surface area contributed by atoms with Crippen molar-refractivity contribution in [2.75, 3.05) is 44.7 Å². The number of likely N-dealkylation sites (N-methyl/N-ethyl adjacent to an activating group) is 1. The molecule has 8 nitrogen and oxygen atoms in total. The van der Waals surface area contributed by atoms with E-state index in [1.165, 1.54) is 31.0 Å². The number of aryl methyl sites for hydroxylation is 1. The van der Waals surface area contributed by atoms with Crippen molar-refractivity contribution in [3.63, 3.8) is 0 Å². The highest BCUT2D eigenvalue weighted by Crippen LogP contribution is 2.56. The molecule has 2 spiro atoms. The molecule has 0 radical (unpaired) electrons. The molecule has 2 aromatic heterocycles. The van der Waals surface area contributed by atoms with Gasteiger partial charge in [-0.1, -0.05) is 18.2 Å². The van der Waals surface area contributed by atoms with E-state index in [1.54, 1.807) is 0 Å². The molecule has 2 aliphatic carbocycles. The van der Waals surface area contributed by atoms with Crippen LogP contribution in [0, 0.1) is 19.3 Å². The van der Waals surface area contributed by atoms with Crippen molar-refractivity contribution in [3.05, 3.63) is 41.2 Å². The Kier molecular flexibility index (Phi) is 5.31. The van der Waals surface area contributed by atoms with Crippen molar-refractivity contribution in [2.24, 2.45) is 5.41 Å². The lowest BCUT2D eigenvalue weighted by atomic mass is 9.60. The van der Waals surface area contributed by atoms with Gasteiger partial charge in [-0.15, -0.1) is 0 Å². The second kappa shape index (κ2) is 8.33. The van der Waals surface area contributed by atoms with Crippen LogP contribution in [0.4, 0.5) is 5.82 Å². The summed E-state index contributed by atoms with van der Waals surface area (Å²) in [6.07, 6.45) is 9.08. The van der Waals surface area contributed by atoms with Gasteiger partial charge in [-0.3, -0.25) is 14.6 Å². The zero-order chi connectivity index (χ0) is 26.4. The van der Waals surface area contributed by atoms with Gasteiger partial charge in [0, 0.05) is 60.3 Å². The number of carbonyl (C=O) groups is 1. The summed E-state index contributed by atoms with van der Waals surface area (Å²) in [5, 5.41) is 14.8. The Labute approximate surface area is 228 Å². The van der Waals surface area contributed by atoms with Crippen molar-refractivity contribution in [1.29, 1.82) is 0 Å². The third-order valence-corrected chi connectivity index (χ3v) is 10.3. The van der Waals surface area contributed by atoms with Gasteiger partial charge in [-0.2, -0.15) is 10.2 Å². The smallest absolute Gasteiger partial charge is 0.245 e. The number of piperazine rings is 1. The van der Waals surface area contributed by atoms with Crippen LogP contribution in [0.1, 0.15) is 49.4 Å². The Hall–Kier alpha value is -2.84. The second-order valence-electron chi connectivity index (χ2n) is 12.4. The van der Waals surface area contributed by atoms with Crippen molar-refractivity contribution >= 4 is 34.2 Å². The van der Waals surface area contributed by atoms with Crippen molar-refractivity contribution in [2.45, 2.75) is 57.5 Å². The minimum absolute atomic E-state index is 0.0398. The number of aromatic nitrogens is 4. The summed E-state index contributed by atoms with van der Waals surface area (Å²) in [5.41, 5.74) is 5.77. The quantitative estimate of drug-likeness (QED) is 0.491. The van der Waals surface area contributed by atoms with E-state index in [1.807, 2.05) is 11.1 Å². The number of hydrogen-bond acceptors (Lipinski definition) is 5. The zero-order valence-corrected chi connectivity index (χ0v) is 23.3. The first kappa shape index (κ1) is 24.2. The summed E-state index contributed by atoms with van der Waals surface area (Å²) >= 11 is 7.11. The number of nitrogens with one attached hydrogen (secondary N) is 1. The molecule has 0 unspecified atom stereocenters. The Morgan fingerprint density at radius 2 is 1.95 bits per heavy atom. The number of nitrogens with zero attached hydrogens (tertiary/aromatic N) is 6. The van der Waals surface area contributed by atoms with Gasteiger partial charge in [0.1, 0.15) is 0 Å². The van der Waals surface area contributed by atoms with Gasteiger partial charge in [-0.05, 0) is 70.7 Å². The maximum atomic E-state index is 12.0. The van der Waals surface area contributed by atoms with Crippen LogP contribution in [0.5, 0.6) is 0 Å². The van der Waals surface area contributed by atoms with E-state index in [9.17, 15) is 4.79 Å². The van der Waals surface area contributed by atoms with Gasteiger partial charge in [0.25, 0.3) is 0 Å². The lowest BCUT2D eigenvalue weighted by Gasteiger charge is -2.58. The number of rotatable bonds is 4. The maximum Gasteiger partial charge on any atom is 0.245 e. The number of hydrogen-bond donors (Lipinski definition) is 1. The van der Waals surface area contributed by atoms with Crippen molar-refractivity contribution in [1.82, 2.24) is 29.8 Å². The minimum atomic E-state index is 0.0398. The molecule has 2 saturated heterocycles. The van der Waals surface area contributed by atoms with Crippen LogP contribution >= 0.6 is 11.6 Å². The van der Waals surface area contributed by atoms with Crippen LogP contribution in [0.2, 0.25) is 5.02 Å². The number of amides is 1. The third kappa shape index (κ3) is 3.35. The predicted molar refractivity (Wildman–Crippen MR) is 151 cm³/mol. The first-order chi connectivity index (χ1) is 18.2. The molecule has 0 atom stereocenters. The second-order valence-corrected chi connectivity index (χ2v) is 12.7. The number of likely N-dealkylation sites (tertiary alicyclic amines) is 1. The Bertz CT molecular complexity index is 1450. The number of H-pyrrole nitrogens is 1. The summed E-state index contributed by atoms with van der Waals surface area (Å²) in [6, 6.07) is 2.41. The fraction of sp³-hybridized carbons (Fsp3) is 0.552. The molecule has 1 aromatic carbocycles. The van der Waals surface area contributed by atoms with Gasteiger partial charge < -0.3 is 14.7 Å². The Morgan fingerprint density at radius 3 is 2.63 bits per heavy atom. The van der Waals surface area contributed by atoms with E-state index in [2.05, 4.69) is 58.2 Å².